The van der Waals surface area contributed by atoms with Gasteiger partial charge in [0.2, 0.25) is 0 Å². The van der Waals surface area contributed by atoms with Gasteiger partial charge in [-0.1, -0.05) is 48.5 Å². The van der Waals surface area contributed by atoms with Crippen LogP contribution in [0.15, 0.2) is 128 Å². The molecule has 1 unspecified atom stereocenters. The Morgan fingerprint density at radius 3 is 1.81 bits per heavy atom. The van der Waals surface area contributed by atoms with Crippen molar-refractivity contribution in [1.82, 2.24) is 9.13 Å². The maximum Gasteiger partial charge on any atom is 0.411 e. The van der Waals surface area contributed by atoms with E-state index in [-0.39, 0.29) is 43.0 Å². The maximum atomic E-state index is 14.7. The third-order valence-electron chi connectivity index (χ3n) is 12.4. The Balaban J connectivity index is 0.963. The van der Waals surface area contributed by atoms with Crippen molar-refractivity contribution in [2.24, 2.45) is 0 Å². The van der Waals surface area contributed by atoms with Crippen LogP contribution in [0.25, 0.3) is 0 Å². The Bertz CT molecular complexity index is 2660. The summed E-state index contributed by atoms with van der Waals surface area (Å²) < 4.78 is 14.9. The second kappa shape index (κ2) is 16.8. The van der Waals surface area contributed by atoms with Gasteiger partial charge in [-0.2, -0.15) is 0 Å². The van der Waals surface area contributed by atoms with Crippen molar-refractivity contribution in [2.45, 2.75) is 89.0 Å². The Kier molecular flexibility index (Phi) is 10.6. The van der Waals surface area contributed by atoms with Crippen molar-refractivity contribution >= 4 is 58.1 Å². The van der Waals surface area contributed by atoms with Crippen LogP contribution in [0.2, 0.25) is 0 Å². The number of rotatable bonds is 9. The number of carbonyl (C=O) groups is 4. The molecule has 2 saturated carbocycles. The molecule has 6 aromatic rings. The number of fused-ring (bicyclic) bond motifs is 4. The molecule has 12 nitrogen and oxygen atoms in total. The monoisotopic (exact) mass is 828 g/mol. The Hall–Kier alpha value is -7.08. The summed E-state index contributed by atoms with van der Waals surface area (Å²) in [4.78, 5) is 58.4. The minimum absolute atomic E-state index is 0.0293. The number of hydrogen-bond donors (Lipinski definition) is 2. The van der Waals surface area contributed by atoms with Gasteiger partial charge in [0.1, 0.15) is 25.3 Å². The second-order valence-corrected chi connectivity index (χ2v) is 16.7. The first-order chi connectivity index (χ1) is 30.3. The fourth-order valence-electron chi connectivity index (χ4n) is 9.19. The topological polar surface area (TPSA) is 127 Å². The van der Waals surface area contributed by atoms with Crippen LogP contribution in [0.4, 0.5) is 43.7 Å². The van der Waals surface area contributed by atoms with Crippen LogP contribution in [-0.2, 0) is 51.4 Å². The summed E-state index contributed by atoms with van der Waals surface area (Å²) in [6, 6.07) is 33.3. The van der Waals surface area contributed by atoms with E-state index in [9.17, 15) is 19.2 Å². The molecule has 2 N–H and O–H groups in total. The smallest absolute Gasteiger partial charge is 0.411 e. The molecule has 314 valence electrons. The zero-order valence-corrected chi connectivity index (χ0v) is 34.4. The largest absolute Gasteiger partial charge is 0.446 e. The summed E-state index contributed by atoms with van der Waals surface area (Å²) in [6.07, 6.45) is 14.3. The summed E-state index contributed by atoms with van der Waals surface area (Å²) in [5.41, 5.74) is 9.10. The zero-order chi connectivity index (χ0) is 42.2. The number of nitrogens with one attached hydrogen (secondary N) is 2. The van der Waals surface area contributed by atoms with Crippen molar-refractivity contribution in [3.63, 3.8) is 0 Å². The number of hydrogen-bond acceptors (Lipinski definition) is 6. The lowest BCUT2D eigenvalue weighted by atomic mass is 9.87. The number of nitrogens with zero attached hydrogens (tertiary/aromatic N) is 4. The number of aromatic nitrogens is 2. The van der Waals surface area contributed by atoms with E-state index < -0.39 is 12.2 Å². The molecule has 0 spiro atoms. The van der Waals surface area contributed by atoms with Crippen LogP contribution in [0.3, 0.4) is 0 Å². The lowest BCUT2D eigenvalue weighted by Gasteiger charge is -2.26. The quantitative estimate of drug-likeness (QED) is 0.149. The van der Waals surface area contributed by atoms with Crippen molar-refractivity contribution in [3.05, 3.63) is 156 Å². The molecular weight excluding hydrogens is 781 g/mol. The van der Waals surface area contributed by atoms with Gasteiger partial charge in [-0.05, 0) is 140 Å². The van der Waals surface area contributed by atoms with Gasteiger partial charge >= 0.3 is 12.2 Å². The van der Waals surface area contributed by atoms with Crippen molar-refractivity contribution in [3.8, 4) is 0 Å². The lowest BCUT2D eigenvalue weighted by Crippen LogP contribution is -2.30. The molecule has 62 heavy (non-hydrogen) atoms. The van der Waals surface area contributed by atoms with Gasteiger partial charge in [0.05, 0.1) is 22.7 Å². The van der Waals surface area contributed by atoms with Crippen LogP contribution < -0.4 is 20.4 Å². The van der Waals surface area contributed by atoms with Gasteiger partial charge in [0.15, 0.2) is 0 Å². The van der Waals surface area contributed by atoms with E-state index in [0.29, 0.717) is 23.5 Å². The van der Waals surface area contributed by atoms with E-state index in [1.54, 1.807) is 9.80 Å². The molecule has 4 amide bonds. The molecule has 12 heteroatoms. The fourth-order valence-corrected chi connectivity index (χ4v) is 9.19. The highest BCUT2D eigenvalue weighted by molar-refractivity contribution is 6.04. The van der Waals surface area contributed by atoms with Crippen LogP contribution >= 0.6 is 0 Å². The number of benzene rings is 4. The predicted octanol–water partition coefficient (Wildman–Crippen LogP) is 10.0. The highest BCUT2D eigenvalue weighted by Crippen LogP contribution is 2.45. The number of ether oxygens (including phenoxy) is 2. The van der Waals surface area contributed by atoms with Crippen LogP contribution in [-0.4, -0.2) is 45.3 Å². The molecule has 2 aliphatic carbocycles. The molecule has 2 aliphatic heterocycles. The van der Waals surface area contributed by atoms with Gasteiger partial charge in [0.25, 0.3) is 11.8 Å². The Morgan fingerprint density at radius 2 is 1.11 bits per heavy atom. The maximum absolute atomic E-state index is 14.7. The number of aryl methyl sites for hydroxylation is 2. The Morgan fingerprint density at radius 1 is 0.548 bits per heavy atom. The third-order valence-corrected chi connectivity index (χ3v) is 12.4. The van der Waals surface area contributed by atoms with E-state index in [1.165, 1.54) is 0 Å². The van der Waals surface area contributed by atoms with Gasteiger partial charge < -0.3 is 18.6 Å². The van der Waals surface area contributed by atoms with Crippen molar-refractivity contribution in [2.75, 3.05) is 20.4 Å². The van der Waals surface area contributed by atoms with Gasteiger partial charge in [-0.3, -0.25) is 30.0 Å². The molecule has 4 aromatic carbocycles. The summed E-state index contributed by atoms with van der Waals surface area (Å²) in [7, 11) is 0. The molecular formula is C50H48N6O6. The molecule has 2 fully saturated rings. The van der Waals surface area contributed by atoms with Crippen LogP contribution in [0, 0.1) is 0 Å². The molecule has 4 heterocycles. The van der Waals surface area contributed by atoms with Crippen LogP contribution in [0.5, 0.6) is 0 Å². The van der Waals surface area contributed by atoms with E-state index in [1.807, 2.05) is 119 Å². The Labute approximate surface area is 360 Å². The summed E-state index contributed by atoms with van der Waals surface area (Å²) in [5, 5.41) is 5.80. The minimum Gasteiger partial charge on any atom is -0.446 e. The first-order valence-electron chi connectivity index (χ1n) is 21.6. The normalized spacial score (nSPS) is 16.8. The summed E-state index contributed by atoms with van der Waals surface area (Å²) >= 11 is 0. The first kappa shape index (κ1) is 39.1. The lowest BCUT2D eigenvalue weighted by molar-refractivity contribution is -0.119. The van der Waals surface area contributed by atoms with E-state index in [0.717, 1.165) is 96.2 Å². The molecule has 2 aromatic heterocycles. The standard InChI is InChI=1S/C50H48N6O6/c57-47(31-53-24-7-8-25-53)56-44-14-6-4-12-41(44)42(27-35-18-20-38(29-46(35)56)52-49(59)61-39-10-2-3-11-39)36-23-26-54(30-36)32-48(58)55-43-13-5-1-9-33(43)15-16-34-17-19-37(28-45(34)55)51-50(60)62-40-21-22-40/h1,4-9,12-14,17-20,23-26,28-30,39-40,42H,2-3,10-11,15-16,21-22,27,31-32H2,(H,51,60)(H,52,59). The molecule has 0 radical (unpaired) electrons. The number of anilines is 6. The molecule has 4 aliphatic rings. The third kappa shape index (κ3) is 8.20. The van der Waals surface area contributed by atoms with E-state index in [2.05, 4.69) is 28.8 Å². The molecule has 0 saturated heterocycles. The fraction of sp³-hybridized carbons (Fsp3) is 0.280. The minimum atomic E-state index is -0.498. The molecule has 10 rings (SSSR count). The van der Waals surface area contributed by atoms with Crippen molar-refractivity contribution in [1.29, 1.82) is 0 Å². The number of amides is 4. The highest BCUT2D eigenvalue weighted by atomic mass is 16.6. The first-order valence-corrected chi connectivity index (χ1v) is 21.6. The van der Waals surface area contributed by atoms with E-state index >= 15 is 0 Å². The van der Waals surface area contributed by atoms with E-state index in [4.69, 9.17) is 9.47 Å². The molecule has 0 bridgehead atoms. The summed E-state index contributed by atoms with van der Waals surface area (Å²) in [5.74, 6) is -0.415. The van der Waals surface area contributed by atoms with Gasteiger partial charge in [-0.15, -0.1) is 0 Å². The second-order valence-electron chi connectivity index (χ2n) is 16.7. The SMILES string of the molecule is O=C(Nc1ccc2c(c1)N(C(=O)Cn1cccc1)c1ccccc1C(c1ccn(CC(=O)N3c4ccccc4CCc4ccc(NC(=O)OC5CC5)cc43)c1)C2)OC1CCCC1. The average Bonchev–Trinajstić information content (AvgIpc) is 3.54. The number of carbonyl (C=O) groups excluding carboxylic acids is 4. The summed E-state index contributed by atoms with van der Waals surface area (Å²) in [6.45, 7) is 0.184. The van der Waals surface area contributed by atoms with Gasteiger partial charge in [0, 0.05) is 42.1 Å². The molecule has 1 atom stereocenters. The zero-order valence-electron chi connectivity index (χ0n) is 34.4. The average molecular weight is 829 g/mol. The van der Waals surface area contributed by atoms with Gasteiger partial charge in [-0.25, -0.2) is 9.59 Å². The number of para-hydroxylation sites is 2. The predicted molar refractivity (Wildman–Crippen MR) is 237 cm³/mol. The van der Waals surface area contributed by atoms with Crippen molar-refractivity contribution < 1.29 is 28.7 Å². The van der Waals surface area contributed by atoms with Crippen LogP contribution in [0.1, 0.15) is 72.3 Å². The highest BCUT2D eigenvalue weighted by Gasteiger charge is 2.33.